The summed E-state index contributed by atoms with van der Waals surface area (Å²) in [5.74, 6) is 0.546. The first kappa shape index (κ1) is 14.7. The summed E-state index contributed by atoms with van der Waals surface area (Å²) in [7, 11) is -2.11. The van der Waals surface area contributed by atoms with E-state index in [0.717, 1.165) is 0 Å². The second kappa shape index (κ2) is 5.75. The Kier molecular flexibility index (Phi) is 4.03. The summed E-state index contributed by atoms with van der Waals surface area (Å²) in [5.41, 5.74) is 0.122. The molecule has 0 amide bonds. The van der Waals surface area contributed by atoms with Crippen LogP contribution in [0.3, 0.4) is 0 Å². The molecule has 0 atom stereocenters. The second-order valence-corrected chi connectivity index (χ2v) is 5.72. The Hall–Kier alpha value is -2.68. The van der Waals surface area contributed by atoms with Gasteiger partial charge in [-0.25, -0.2) is 13.4 Å². The van der Waals surface area contributed by atoms with E-state index >= 15 is 0 Å². The van der Waals surface area contributed by atoms with Crippen LogP contribution in [-0.2, 0) is 10.0 Å². The van der Waals surface area contributed by atoms with Gasteiger partial charge in [0.25, 0.3) is 15.7 Å². The molecule has 2 rings (SSSR count). The van der Waals surface area contributed by atoms with Gasteiger partial charge in [-0.2, -0.15) is 0 Å². The van der Waals surface area contributed by atoms with Crippen molar-refractivity contribution in [2.24, 2.45) is 0 Å². The Morgan fingerprint density at radius 3 is 2.29 bits per heavy atom. The molecule has 9 heteroatoms. The number of nitrogens with one attached hydrogen (secondary N) is 2. The maximum atomic E-state index is 12.1. The lowest BCUT2D eigenvalue weighted by molar-refractivity contribution is -0.384. The lowest BCUT2D eigenvalue weighted by Crippen LogP contribution is -2.13. The van der Waals surface area contributed by atoms with Gasteiger partial charge in [0.2, 0.25) is 0 Å². The van der Waals surface area contributed by atoms with Gasteiger partial charge in [0.15, 0.2) is 0 Å². The fourth-order valence-corrected chi connectivity index (χ4v) is 2.56. The van der Waals surface area contributed by atoms with Crippen LogP contribution in [0.15, 0.2) is 47.5 Å². The topological polar surface area (TPSA) is 114 Å². The van der Waals surface area contributed by atoms with Gasteiger partial charge in [-0.1, -0.05) is 0 Å². The van der Waals surface area contributed by atoms with Crippen molar-refractivity contribution in [2.75, 3.05) is 17.1 Å². The lowest BCUT2D eigenvalue weighted by Gasteiger charge is -2.08. The van der Waals surface area contributed by atoms with Gasteiger partial charge in [-0.05, 0) is 24.3 Å². The molecule has 21 heavy (non-hydrogen) atoms. The minimum atomic E-state index is -3.78. The maximum Gasteiger partial charge on any atom is 0.269 e. The van der Waals surface area contributed by atoms with Gasteiger partial charge in [0.05, 0.1) is 4.92 Å². The zero-order valence-electron chi connectivity index (χ0n) is 11.0. The molecule has 0 bridgehead atoms. The number of hydrogen-bond donors (Lipinski definition) is 2. The van der Waals surface area contributed by atoms with Gasteiger partial charge in [-0.15, -0.1) is 0 Å². The van der Waals surface area contributed by atoms with E-state index in [1.807, 2.05) is 0 Å². The minimum Gasteiger partial charge on any atom is -0.373 e. The Morgan fingerprint density at radius 2 is 1.81 bits per heavy atom. The highest BCUT2D eigenvalue weighted by Gasteiger charge is 2.15. The lowest BCUT2D eigenvalue weighted by atomic mass is 10.3. The van der Waals surface area contributed by atoms with E-state index in [9.17, 15) is 18.5 Å². The molecular formula is C12H12N4O4S. The van der Waals surface area contributed by atoms with Crippen LogP contribution in [0.2, 0.25) is 0 Å². The Balaban J connectivity index is 2.21. The summed E-state index contributed by atoms with van der Waals surface area (Å²) in [6.45, 7) is 0. The minimum absolute atomic E-state index is 0.000136. The molecule has 2 aromatic rings. The van der Waals surface area contributed by atoms with Crippen molar-refractivity contribution in [1.82, 2.24) is 4.98 Å². The number of nitro groups is 1. The third kappa shape index (κ3) is 3.45. The molecule has 0 unspecified atom stereocenters. The number of rotatable bonds is 5. The van der Waals surface area contributed by atoms with Crippen LogP contribution in [0.4, 0.5) is 17.2 Å². The van der Waals surface area contributed by atoms with Crippen LogP contribution in [0.5, 0.6) is 0 Å². The molecule has 0 aliphatic rings. The zero-order valence-corrected chi connectivity index (χ0v) is 11.8. The molecule has 0 aliphatic heterocycles. The molecule has 0 spiro atoms. The van der Waals surface area contributed by atoms with Gasteiger partial charge in [0, 0.05) is 31.1 Å². The van der Waals surface area contributed by atoms with Crippen molar-refractivity contribution in [1.29, 1.82) is 0 Å². The van der Waals surface area contributed by atoms with Crippen LogP contribution in [-0.4, -0.2) is 25.4 Å². The van der Waals surface area contributed by atoms with Gasteiger partial charge < -0.3 is 5.32 Å². The van der Waals surface area contributed by atoms with Crippen molar-refractivity contribution >= 4 is 27.2 Å². The summed E-state index contributed by atoms with van der Waals surface area (Å²) < 4.78 is 26.6. The van der Waals surface area contributed by atoms with Gasteiger partial charge >= 0.3 is 0 Å². The highest BCUT2D eigenvalue weighted by molar-refractivity contribution is 7.92. The average Bonchev–Trinajstić information content (AvgIpc) is 2.47. The van der Waals surface area contributed by atoms with Gasteiger partial charge in [-0.3, -0.25) is 14.8 Å². The van der Waals surface area contributed by atoms with Crippen LogP contribution >= 0.6 is 0 Å². The van der Waals surface area contributed by atoms with E-state index in [4.69, 9.17) is 0 Å². The number of nitro benzene ring substituents is 1. The molecule has 0 radical (unpaired) electrons. The largest absolute Gasteiger partial charge is 0.373 e. The maximum absolute atomic E-state index is 12.1. The van der Waals surface area contributed by atoms with Crippen molar-refractivity contribution < 1.29 is 13.3 Å². The fraction of sp³-hybridized carbons (Fsp3) is 0.0833. The first-order valence-electron chi connectivity index (χ1n) is 5.83. The summed E-state index contributed by atoms with van der Waals surface area (Å²) in [4.78, 5) is 13.9. The van der Waals surface area contributed by atoms with Crippen molar-refractivity contribution in [2.45, 2.75) is 4.90 Å². The normalized spacial score (nSPS) is 10.9. The number of sulfonamides is 1. The number of anilines is 2. The number of non-ortho nitro benzene ring substituents is 1. The molecular weight excluding hydrogens is 296 g/mol. The quantitative estimate of drug-likeness (QED) is 0.643. The Bertz CT molecular complexity index is 742. The predicted molar refractivity (Wildman–Crippen MR) is 77.7 cm³/mol. The van der Waals surface area contributed by atoms with E-state index in [1.54, 1.807) is 7.05 Å². The standard InChI is InChI=1S/C12H12N4O4S/c1-13-12-7-6-11(8-14-12)21(19,20)15-9-2-4-10(5-3-9)16(17)18/h2-8,15H,1H3,(H,13,14). The van der Waals surface area contributed by atoms with E-state index in [-0.39, 0.29) is 16.3 Å². The van der Waals surface area contributed by atoms with Crippen molar-refractivity contribution in [3.8, 4) is 0 Å². The molecule has 0 fully saturated rings. The molecule has 1 heterocycles. The smallest absolute Gasteiger partial charge is 0.269 e. The molecule has 0 aliphatic carbocycles. The first-order chi connectivity index (χ1) is 9.92. The SMILES string of the molecule is CNc1ccc(S(=O)(=O)Nc2ccc([N+](=O)[O-])cc2)cn1. The average molecular weight is 308 g/mol. The van der Waals surface area contributed by atoms with Crippen LogP contribution < -0.4 is 10.0 Å². The van der Waals surface area contributed by atoms with Crippen molar-refractivity contribution in [3.05, 3.63) is 52.7 Å². The highest BCUT2D eigenvalue weighted by Crippen LogP contribution is 2.19. The van der Waals surface area contributed by atoms with Crippen LogP contribution in [0.25, 0.3) is 0 Å². The molecule has 110 valence electrons. The zero-order chi connectivity index (χ0) is 15.5. The number of nitrogens with zero attached hydrogens (tertiary/aromatic N) is 2. The first-order valence-corrected chi connectivity index (χ1v) is 7.32. The highest BCUT2D eigenvalue weighted by atomic mass is 32.2. The number of benzene rings is 1. The number of hydrogen-bond acceptors (Lipinski definition) is 6. The molecule has 0 saturated carbocycles. The van der Waals surface area contributed by atoms with E-state index < -0.39 is 14.9 Å². The molecule has 8 nitrogen and oxygen atoms in total. The summed E-state index contributed by atoms with van der Waals surface area (Å²) in [6.07, 6.45) is 1.22. The third-order valence-corrected chi connectivity index (χ3v) is 4.00. The monoisotopic (exact) mass is 308 g/mol. The molecule has 0 saturated heterocycles. The summed E-state index contributed by atoms with van der Waals surface area (Å²) in [6, 6.07) is 8.04. The predicted octanol–water partition coefficient (Wildman–Crippen LogP) is 1.83. The third-order valence-electron chi connectivity index (χ3n) is 2.63. The van der Waals surface area contributed by atoms with E-state index in [1.165, 1.54) is 42.6 Å². The van der Waals surface area contributed by atoms with E-state index in [0.29, 0.717) is 5.82 Å². The Morgan fingerprint density at radius 1 is 1.14 bits per heavy atom. The summed E-state index contributed by atoms with van der Waals surface area (Å²) in [5, 5.41) is 13.3. The molecule has 2 N–H and O–H groups in total. The van der Waals surface area contributed by atoms with Crippen molar-refractivity contribution in [3.63, 3.8) is 0 Å². The molecule has 1 aromatic carbocycles. The fourth-order valence-electron chi connectivity index (χ4n) is 1.55. The van der Waals surface area contributed by atoms with Crippen LogP contribution in [0.1, 0.15) is 0 Å². The number of aromatic nitrogens is 1. The second-order valence-electron chi connectivity index (χ2n) is 4.04. The van der Waals surface area contributed by atoms with Gasteiger partial charge in [0.1, 0.15) is 10.7 Å². The van der Waals surface area contributed by atoms with Crippen LogP contribution in [0, 0.1) is 10.1 Å². The number of pyridine rings is 1. The molecule has 1 aromatic heterocycles. The summed E-state index contributed by atoms with van der Waals surface area (Å²) >= 11 is 0. The Labute approximate surface area is 121 Å². The van der Waals surface area contributed by atoms with E-state index in [2.05, 4.69) is 15.0 Å².